The fraction of sp³-hybridized carbons (Fsp3) is 0.300. The number of ether oxygens (including phenoxy) is 1. The summed E-state index contributed by atoms with van der Waals surface area (Å²) in [5.41, 5.74) is 0.798. The van der Waals surface area contributed by atoms with Gasteiger partial charge in [-0.1, -0.05) is 30.6 Å². The van der Waals surface area contributed by atoms with Crippen LogP contribution in [0.4, 0.5) is 0 Å². The second-order valence-corrected chi connectivity index (χ2v) is 10.4. The number of thiophene rings is 2. The SMILES string of the molecule is C=C/C(=C\C(=C)N(C)CCNC)Oc1ccc(S(O)(O)NCCc2cccs2)s1. The van der Waals surface area contributed by atoms with Crippen molar-refractivity contribution in [1.29, 1.82) is 0 Å². The first-order chi connectivity index (χ1) is 13.9. The second kappa shape index (κ2) is 11.6. The van der Waals surface area contributed by atoms with Crippen LogP contribution in [0.15, 0.2) is 70.6 Å². The van der Waals surface area contributed by atoms with E-state index in [2.05, 4.69) is 23.2 Å². The Labute approximate surface area is 182 Å². The van der Waals surface area contributed by atoms with Gasteiger partial charge in [-0.15, -0.1) is 22.1 Å². The minimum atomic E-state index is -3.07. The molecule has 2 rings (SSSR count). The van der Waals surface area contributed by atoms with Crippen LogP contribution in [0.3, 0.4) is 0 Å². The molecule has 0 radical (unpaired) electrons. The number of nitrogens with one attached hydrogen (secondary N) is 2. The van der Waals surface area contributed by atoms with Gasteiger partial charge in [0.05, 0.1) is 0 Å². The molecule has 2 aromatic rings. The highest BCUT2D eigenvalue weighted by atomic mass is 32.3. The van der Waals surface area contributed by atoms with Crippen LogP contribution in [0.5, 0.6) is 5.06 Å². The molecule has 0 spiro atoms. The molecule has 0 saturated carbocycles. The highest BCUT2D eigenvalue weighted by Crippen LogP contribution is 2.49. The Bertz CT molecular complexity index is 816. The van der Waals surface area contributed by atoms with Crippen molar-refractivity contribution in [2.24, 2.45) is 0 Å². The zero-order valence-corrected chi connectivity index (χ0v) is 19.2. The monoisotopic (exact) mass is 455 g/mol. The number of rotatable bonds is 13. The van der Waals surface area contributed by atoms with Crippen molar-refractivity contribution < 1.29 is 13.8 Å². The summed E-state index contributed by atoms with van der Waals surface area (Å²) in [4.78, 5) is 3.21. The topological polar surface area (TPSA) is 77.0 Å². The van der Waals surface area contributed by atoms with E-state index >= 15 is 0 Å². The van der Waals surface area contributed by atoms with Gasteiger partial charge in [0.15, 0.2) is 5.06 Å². The summed E-state index contributed by atoms with van der Waals surface area (Å²) in [6.07, 6.45) is 4.15. The summed E-state index contributed by atoms with van der Waals surface area (Å²) in [5, 5.41) is 5.66. The summed E-state index contributed by atoms with van der Waals surface area (Å²) in [5.74, 6) is 0.543. The van der Waals surface area contributed by atoms with E-state index in [1.807, 2.05) is 36.5 Å². The molecular formula is C20H29N3O3S3. The number of allylic oxidation sites excluding steroid dienone is 2. The van der Waals surface area contributed by atoms with Crippen LogP contribution in [-0.2, 0) is 6.42 Å². The first-order valence-corrected chi connectivity index (χ1v) is 12.3. The number of hydrogen-bond donors (Lipinski definition) is 4. The first kappa shape index (κ1) is 23.7. The van der Waals surface area contributed by atoms with Crippen molar-refractivity contribution in [3.05, 3.63) is 71.3 Å². The Morgan fingerprint density at radius 2 is 2.10 bits per heavy atom. The predicted molar refractivity (Wildman–Crippen MR) is 126 cm³/mol. The molecule has 4 N–H and O–H groups in total. The van der Waals surface area contributed by atoms with Crippen LogP contribution in [0.1, 0.15) is 4.88 Å². The lowest BCUT2D eigenvalue weighted by Gasteiger charge is -2.31. The molecule has 9 heteroatoms. The zero-order chi connectivity index (χ0) is 21.3. The van der Waals surface area contributed by atoms with Gasteiger partial charge in [-0.2, -0.15) is 0 Å². The van der Waals surface area contributed by atoms with Crippen molar-refractivity contribution in [2.45, 2.75) is 10.6 Å². The Balaban J connectivity index is 1.95. The molecule has 2 heterocycles. The molecule has 0 aliphatic heterocycles. The van der Waals surface area contributed by atoms with Crippen LogP contribution in [0.25, 0.3) is 0 Å². The smallest absolute Gasteiger partial charge is 0.182 e. The lowest BCUT2D eigenvalue weighted by molar-refractivity contribution is 0.418. The van der Waals surface area contributed by atoms with Gasteiger partial charge in [0.1, 0.15) is 9.97 Å². The van der Waals surface area contributed by atoms with E-state index in [-0.39, 0.29) is 0 Å². The maximum Gasteiger partial charge on any atom is 0.182 e. The molecule has 160 valence electrons. The van der Waals surface area contributed by atoms with Gasteiger partial charge < -0.3 is 15.0 Å². The summed E-state index contributed by atoms with van der Waals surface area (Å²) in [7, 11) is 0.792. The van der Waals surface area contributed by atoms with E-state index in [1.165, 1.54) is 16.2 Å². The van der Waals surface area contributed by atoms with Gasteiger partial charge >= 0.3 is 0 Å². The molecular weight excluding hydrogens is 426 g/mol. The van der Waals surface area contributed by atoms with E-state index in [4.69, 9.17) is 4.74 Å². The van der Waals surface area contributed by atoms with Crippen molar-refractivity contribution in [1.82, 2.24) is 14.9 Å². The third kappa shape index (κ3) is 7.63. The Kier molecular flexibility index (Phi) is 9.44. The summed E-state index contributed by atoms with van der Waals surface area (Å²) < 4.78 is 30.0. The average molecular weight is 456 g/mol. The van der Waals surface area contributed by atoms with E-state index in [1.54, 1.807) is 35.6 Å². The normalized spacial score (nSPS) is 12.6. The van der Waals surface area contributed by atoms with E-state index in [0.717, 1.165) is 25.2 Å². The summed E-state index contributed by atoms with van der Waals surface area (Å²) >= 11 is 2.85. The van der Waals surface area contributed by atoms with Gasteiger partial charge in [-0.25, -0.2) is 4.72 Å². The van der Waals surface area contributed by atoms with E-state index < -0.39 is 10.8 Å². The molecule has 0 amide bonds. The first-order valence-electron chi connectivity index (χ1n) is 9.07. The molecule has 0 atom stereocenters. The van der Waals surface area contributed by atoms with Crippen LogP contribution in [0.2, 0.25) is 0 Å². The minimum Gasteiger partial charge on any atom is -0.447 e. The Morgan fingerprint density at radius 1 is 1.31 bits per heavy atom. The summed E-state index contributed by atoms with van der Waals surface area (Å²) in [6.45, 7) is 9.98. The van der Waals surface area contributed by atoms with Crippen LogP contribution in [0, 0.1) is 0 Å². The highest BCUT2D eigenvalue weighted by Gasteiger charge is 2.18. The van der Waals surface area contributed by atoms with Gasteiger partial charge in [0.2, 0.25) is 0 Å². The lowest BCUT2D eigenvalue weighted by Crippen LogP contribution is -2.26. The van der Waals surface area contributed by atoms with E-state index in [9.17, 15) is 9.11 Å². The molecule has 0 bridgehead atoms. The van der Waals surface area contributed by atoms with Crippen molar-refractivity contribution in [3.63, 3.8) is 0 Å². The third-order valence-electron chi connectivity index (χ3n) is 4.01. The predicted octanol–water partition coefficient (Wildman–Crippen LogP) is 4.78. The minimum absolute atomic E-state index is 0.437. The van der Waals surface area contributed by atoms with Gasteiger partial charge in [-0.05, 0) is 43.1 Å². The summed E-state index contributed by atoms with van der Waals surface area (Å²) in [6, 6.07) is 7.41. The van der Waals surface area contributed by atoms with Crippen molar-refractivity contribution in [3.8, 4) is 5.06 Å². The molecule has 0 aliphatic rings. The third-order valence-corrected chi connectivity index (χ3v) is 7.95. The standard InChI is InChI=1S/C20H29N3O3S3/c1-5-17(15-16(2)23(4)13-12-21-3)26-19-8-9-20(28-19)29(24,25)22-11-10-18-7-6-14-27-18/h5-9,14-15,21-22,24-25H,1-2,10-13H2,3-4H3/b17-15+. The number of nitrogens with zero attached hydrogens (tertiary/aromatic N) is 1. The zero-order valence-electron chi connectivity index (χ0n) is 16.8. The molecule has 0 aliphatic carbocycles. The molecule has 0 saturated heterocycles. The number of hydrogen-bond acceptors (Lipinski definition) is 8. The van der Waals surface area contributed by atoms with Crippen LogP contribution in [-0.4, -0.2) is 47.7 Å². The number of likely N-dealkylation sites (N-methyl/N-ethyl adjacent to an activating group) is 2. The lowest BCUT2D eigenvalue weighted by atomic mass is 10.3. The van der Waals surface area contributed by atoms with Crippen molar-refractivity contribution >= 4 is 33.4 Å². The van der Waals surface area contributed by atoms with Gasteiger partial charge in [0, 0.05) is 43.3 Å². The Morgan fingerprint density at radius 3 is 2.76 bits per heavy atom. The van der Waals surface area contributed by atoms with Crippen molar-refractivity contribution in [2.75, 3.05) is 33.7 Å². The fourth-order valence-corrected chi connectivity index (χ4v) is 5.29. The molecule has 29 heavy (non-hydrogen) atoms. The molecule has 2 aromatic heterocycles. The largest absolute Gasteiger partial charge is 0.447 e. The second-order valence-electron chi connectivity index (χ2n) is 6.22. The molecule has 0 fully saturated rings. The molecule has 6 nitrogen and oxygen atoms in total. The Hall–Kier alpha value is -1.59. The van der Waals surface area contributed by atoms with Gasteiger partial charge in [-0.3, -0.25) is 9.11 Å². The molecule has 0 unspecified atom stereocenters. The van der Waals surface area contributed by atoms with Crippen LogP contribution >= 0.6 is 33.4 Å². The molecule has 0 aromatic carbocycles. The van der Waals surface area contributed by atoms with Gasteiger partial charge in [0.25, 0.3) is 0 Å². The fourth-order valence-electron chi connectivity index (χ4n) is 2.30. The maximum atomic E-state index is 10.4. The average Bonchev–Trinajstić information content (AvgIpc) is 3.37. The van der Waals surface area contributed by atoms with Crippen LogP contribution < -0.4 is 14.8 Å². The quantitative estimate of drug-likeness (QED) is 0.257. The van der Waals surface area contributed by atoms with E-state index in [0.29, 0.717) is 21.6 Å². The maximum absolute atomic E-state index is 10.4. The highest BCUT2D eigenvalue weighted by molar-refractivity contribution is 8.23.